The van der Waals surface area contributed by atoms with E-state index in [1.54, 1.807) is 0 Å². The van der Waals surface area contributed by atoms with Gasteiger partial charge >= 0.3 is 6.09 Å². The summed E-state index contributed by atoms with van der Waals surface area (Å²) >= 11 is 0. The number of morpholine rings is 1. The number of amides is 2. The zero-order chi connectivity index (χ0) is 16.1. The lowest BCUT2D eigenvalue weighted by atomic mass is 10.0. The van der Waals surface area contributed by atoms with Crippen molar-refractivity contribution in [2.45, 2.75) is 12.1 Å². The van der Waals surface area contributed by atoms with Gasteiger partial charge in [0.25, 0.3) is 0 Å². The van der Waals surface area contributed by atoms with Gasteiger partial charge in [0.15, 0.2) is 12.1 Å². The average molecular weight is 319 g/mol. The Kier molecular flexibility index (Phi) is 5.09. The van der Waals surface area contributed by atoms with Crippen LogP contribution >= 0.6 is 0 Å². The predicted molar refractivity (Wildman–Crippen MR) is 82.9 cm³/mol. The number of nitrogens with one attached hydrogen (secondary N) is 2. The van der Waals surface area contributed by atoms with Crippen molar-refractivity contribution in [3.05, 3.63) is 35.9 Å². The molecule has 2 heterocycles. The molecular formula is C16H21N3O4. The number of benzene rings is 1. The largest absolute Gasteiger partial charge is 0.439 e. The number of ether oxygens (including phenoxy) is 2. The van der Waals surface area contributed by atoms with Crippen LogP contribution in [-0.4, -0.2) is 62.3 Å². The molecule has 2 amide bonds. The summed E-state index contributed by atoms with van der Waals surface area (Å²) in [6.45, 7) is 4.53. The van der Waals surface area contributed by atoms with E-state index in [0.717, 1.165) is 38.4 Å². The third kappa shape index (κ3) is 4.00. The molecular weight excluding hydrogens is 298 g/mol. The molecule has 2 atom stereocenters. The fraction of sp³-hybridized carbons (Fsp3) is 0.500. The normalized spacial score (nSPS) is 24.8. The number of carbonyl (C=O) groups is 2. The molecule has 0 aromatic heterocycles. The van der Waals surface area contributed by atoms with Crippen LogP contribution in [0.5, 0.6) is 0 Å². The van der Waals surface area contributed by atoms with Crippen molar-refractivity contribution < 1.29 is 19.1 Å². The van der Waals surface area contributed by atoms with Crippen LogP contribution in [0.15, 0.2) is 30.3 Å². The molecule has 23 heavy (non-hydrogen) atoms. The summed E-state index contributed by atoms with van der Waals surface area (Å²) in [6, 6.07) is 8.59. The standard InChI is InChI=1S/C16H21N3O4/c20-15(17-6-7-19-8-10-22-11-9-19)13-14(23-16(21)18-13)12-4-2-1-3-5-12/h1-5,13-14H,6-11H2,(H,17,20)(H,18,21). The van der Waals surface area contributed by atoms with Crippen LogP contribution in [-0.2, 0) is 14.3 Å². The van der Waals surface area contributed by atoms with Crippen molar-refractivity contribution in [1.29, 1.82) is 0 Å². The molecule has 2 N–H and O–H groups in total. The van der Waals surface area contributed by atoms with E-state index in [0.29, 0.717) is 6.54 Å². The Morgan fingerprint density at radius 3 is 2.74 bits per heavy atom. The van der Waals surface area contributed by atoms with E-state index in [9.17, 15) is 9.59 Å². The fourth-order valence-electron chi connectivity index (χ4n) is 2.80. The molecule has 3 rings (SSSR count). The van der Waals surface area contributed by atoms with Crippen LogP contribution in [0.2, 0.25) is 0 Å². The summed E-state index contributed by atoms with van der Waals surface area (Å²) < 4.78 is 10.5. The summed E-state index contributed by atoms with van der Waals surface area (Å²) in [7, 11) is 0. The number of cyclic esters (lactones) is 1. The molecule has 0 aliphatic carbocycles. The van der Waals surface area contributed by atoms with Gasteiger partial charge in [-0.25, -0.2) is 4.79 Å². The lowest BCUT2D eigenvalue weighted by Crippen LogP contribution is -2.47. The first-order chi connectivity index (χ1) is 11.2. The van der Waals surface area contributed by atoms with Gasteiger partial charge in [-0.05, 0) is 5.56 Å². The molecule has 2 saturated heterocycles. The van der Waals surface area contributed by atoms with E-state index in [-0.39, 0.29) is 5.91 Å². The molecule has 2 aliphatic heterocycles. The van der Waals surface area contributed by atoms with Crippen molar-refractivity contribution in [1.82, 2.24) is 15.5 Å². The molecule has 0 spiro atoms. The van der Waals surface area contributed by atoms with Crippen molar-refractivity contribution in [2.75, 3.05) is 39.4 Å². The topological polar surface area (TPSA) is 79.9 Å². The zero-order valence-corrected chi connectivity index (χ0v) is 12.9. The minimum absolute atomic E-state index is 0.224. The minimum atomic E-state index is -0.699. The smallest absolute Gasteiger partial charge is 0.408 e. The van der Waals surface area contributed by atoms with E-state index in [1.807, 2.05) is 30.3 Å². The number of nitrogens with zero attached hydrogens (tertiary/aromatic N) is 1. The molecule has 1 aromatic rings. The molecule has 7 heteroatoms. The third-order valence-corrected chi connectivity index (χ3v) is 4.05. The Balaban J connectivity index is 1.53. The van der Waals surface area contributed by atoms with Gasteiger partial charge in [-0.15, -0.1) is 0 Å². The van der Waals surface area contributed by atoms with E-state index < -0.39 is 18.2 Å². The Morgan fingerprint density at radius 2 is 2.00 bits per heavy atom. The quantitative estimate of drug-likeness (QED) is 0.815. The molecule has 2 fully saturated rings. The number of rotatable bonds is 5. The highest BCUT2D eigenvalue weighted by Gasteiger charge is 2.40. The Hall–Kier alpha value is -2.12. The summed E-state index contributed by atoms with van der Waals surface area (Å²) in [5.74, 6) is -0.224. The van der Waals surface area contributed by atoms with Gasteiger partial charge in [-0.3, -0.25) is 9.69 Å². The Labute approximate surface area is 134 Å². The molecule has 124 valence electrons. The van der Waals surface area contributed by atoms with Gasteiger partial charge in [-0.2, -0.15) is 0 Å². The lowest BCUT2D eigenvalue weighted by molar-refractivity contribution is -0.124. The first-order valence-electron chi connectivity index (χ1n) is 7.84. The molecule has 2 unspecified atom stereocenters. The van der Waals surface area contributed by atoms with Crippen LogP contribution < -0.4 is 10.6 Å². The monoisotopic (exact) mass is 319 g/mol. The molecule has 0 radical (unpaired) electrons. The average Bonchev–Trinajstić information content (AvgIpc) is 2.98. The van der Waals surface area contributed by atoms with Gasteiger partial charge in [0, 0.05) is 26.2 Å². The zero-order valence-electron chi connectivity index (χ0n) is 12.9. The molecule has 0 saturated carbocycles. The van der Waals surface area contributed by atoms with Crippen LogP contribution in [0.1, 0.15) is 11.7 Å². The molecule has 7 nitrogen and oxygen atoms in total. The second-order valence-electron chi connectivity index (χ2n) is 5.60. The predicted octanol–water partition coefficient (Wildman–Crippen LogP) is 0.285. The van der Waals surface area contributed by atoms with Gasteiger partial charge in [0.05, 0.1) is 13.2 Å². The van der Waals surface area contributed by atoms with Crippen LogP contribution in [0.25, 0.3) is 0 Å². The van der Waals surface area contributed by atoms with Gasteiger partial charge < -0.3 is 20.1 Å². The van der Waals surface area contributed by atoms with Gasteiger partial charge in [0.2, 0.25) is 5.91 Å². The van der Waals surface area contributed by atoms with Crippen LogP contribution in [0.4, 0.5) is 4.79 Å². The summed E-state index contributed by atoms with van der Waals surface area (Å²) in [6.07, 6.45) is -1.15. The summed E-state index contributed by atoms with van der Waals surface area (Å²) in [5, 5.41) is 5.46. The van der Waals surface area contributed by atoms with Crippen LogP contribution in [0.3, 0.4) is 0 Å². The highest BCUT2D eigenvalue weighted by atomic mass is 16.6. The van der Waals surface area contributed by atoms with E-state index in [2.05, 4.69) is 15.5 Å². The van der Waals surface area contributed by atoms with Crippen LogP contribution in [0, 0.1) is 0 Å². The number of carbonyl (C=O) groups excluding carboxylic acids is 2. The van der Waals surface area contributed by atoms with Crippen molar-refractivity contribution >= 4 is 12.0 Å². The summed E-state index contributed by atoms with van der Waals surface area (Å²) in [5.41, 5.74) is 0.805. The first kappa shape index (κ1) is 15.8. The molecule has 2 aliphatic rings. The maximum atomic E-state index is 12.4. The van der Waals surface area contributed by atoms with Crippen molar-refractivity contribution in [3.63, 3.8) is 0 Å². The second-order valence-corrected chi connectivity index (χ2v) is 5.60. The van der Waals surface area contributed by atoms with Gasteiger partial charge in [-0.1, -0.05) is 30.3 Å². The number of alkyl carbamates (subject to hydrolysis) is 1. The number of hydrogen-bond donors (Lipinski definition) is 2. The lowest BCUT2D eigenvalue weighted by Gasteiger charge is -2.26. The third-order valence-electron chi connectivity index (χ3n) is 4.05. The molecule has 0 bridgehead atoms. The Morgan fingerprint density at radius 1 is 1.26 bits per heavy atom. The molecule has 1 aromatic carbocycles. The number of hydrogen-bond acceptors (Lipinski definition) is 5. The Bertz CT molecular complexity index is 546. The maximum Gasteiger partial charge on any atom is 0.408 e. The van der Waals surface area contributed by atoms with Crippen molar-refractivity contribution in [2.24, 2.45) is 0 Å². The first-order valence-corrected chi connectivity index (χ1v) is 7.84. The highest BCUT2D eigenvalue weighted by molar-refractivity contribution is 5.88. The van der Waals surface area contributed by atoms with E-state index in [1.165, 1.54) is 0 Å². The van der Waals surface area contributed by atoms with E-state index >= 15 is 0 Å². The minimum Gasteiger partial charge on any atom is -0.439 e. The SMILES string of the molecule is O=C1NC(C(=O)NCCN2CCOCC2)C(c2ccccc2)O1. The second kappa shape index (κ2) is 7.43. The summed E-state index contributed by atoms with van der Waals surface area (Å²) in [4.78, 5) is 26.1. The highest BCUT2D eigenvalue weighted by Crippen LogP contribution is 2.26. The van der Waals surface area contributed by atoms with E-state index in [4.69, 9.17) is 9.47 Å². The van der Waals surface area contributed by atoms with Gasteiger partial charge in [0.1, 0.15) is 0 Å². The maximum absolute atomic E-state index is 12.4. The van der Waals surface area contributed by atoms with Crippen molar-refractivity contribution in [3.8, 4) is 0 Å². The fourth-order valence-corrected chi connectivity index (χ4v) is 2.80.